The number of rotatable bonds is 7. The second-order valence-corrected chi connectivity index (χ2v) is 9.19. The Bertz CT molecular complexity index is 1270. The first-order valence-corrected chi connectivity index (χ1v) is 11.9. The lowest BCUT2D eigenvalue weighted by molar-refractivity contribution is -0.101. The molecule has 1 saturated heterocycles. The lowest BCUT2D eigenvalue weighted by Crippen LogP contribution is -2.33. The normalized spacial score (nSPS) is 22.6. The number of nitrogens with one attached hydrogen (secondary N) is 3. The number of hydrogen-bond donors (Lipinski definition) is 3. The first-order chi connectivity index (χ1) is 17.1. The number of fused-ring (bicyclic) bond motifs is 3. The molecule has 1 saturated carbocycles. The fraction of sp³-hybridized carbons (Fsp3) is 0.360. The minimum absolute atomic E-state index is 0.117. The summed E-state index contributed by atoms with van der Waals surface area (Å²) in [5.74, 6) is 1.22. The third-order valence-corrected chi connectivity index (χ3v) is 6.83. The highest BCUT2D eigenvalue weighted by Crippen LogP contribution is 2.51. The molecule has 0 bridgehead atoms. The molecule has 3 N–H and O–H groups in total. The number of methoxy groups -OCH3 is 1. The molecular formula is C25H25ClN4O5. The number of aromatic amines is 1. The lowest BCUT2D eigenvalue weighted by Gasteiger charge is -2.23. The largest absolute Gasteiger partial charge is 0.493 e. The number of para-hydroxylation sites is 1. The molecule has 3 aromatic rings. The van der Waals surface area contributed by atoms with Crippen LogP contribution >= 0.6 is 11.6 Å². The number of carbonyl (C=O) groups excluding carboxylic acids is 1. The van der Waals surface area contributed by atoms with E-state index in [1.807, 2.05) is 18.2 Å². The summed E-state index contributed by atoms with van der Waals surface area (Å²) in [6.07, 6.45) is 4.13. The van der Waals surface area contributed by atoms with Gasteiger partial charge in [-0.3, -0.25) is 9.78 Å². The Balaban J connectivity index is 1.42. The summed E-state index contributed by atoms with van der Waals surface area (Å²) in [5, 5.41) is 6.98. The molecular weight excluding hydrogens is 472 g/mol. The van der Waals surface area contributed by atoms with Gasteiger partial charge in [0.05, 0.1) is 60.8 Å². The summed E-state index contributed by atoms with van der Waals surface area (Å²) in [7, 11) is 1.56. The molecule has 10 heteroatoms. The maximum absolute atomic E-state index is 13.1. The number of carbonyl (C=O) groups is 1. The molecule has 2 aliphatic heterocycles. The Kier molecular flexibility index (Phi) is 5.75. The molecule has 3 aliphatic rings. The van der Waals surface area contributed by atoms with E-state index in [9.17, 15) is 4.79 Å². The van der Waals surface area contributed by atoms with Crippen molar-refractivity contribution in [3.8, 4) is 22.8 Å². The monoisotopic (exact) mass is 496 g/mol. The van der Waals surface area contributed by atoms with E-state index in [4.69, 9.17) is 30.5 Å². The number of H-pyrrole nitrogens is 1. The summed E-state index contributed by atoms with van der Waals surface area (Å²) in [4.78, 5) is 20.9. The van der Waals surface area contributed by atoms with Crippen LogP contribution < -0.4 is 20.1 Å². The second-order valence-electron chi connectivity index (χ2n) is 8.78. The molecule has 6 rings (SSSR count). The van der Waals surface area contributed by atoms with Gasteiger partial charge in [-0.25, -0.2) is 0 Å². The third-order valence-electron chi connectivity index (χ3n) is 6.53. The summed E-state index contributed by atoms with van der Waals surface area (Å²) in [6, 6.07) is 7.49. The highest BCUT2D eigenvalue weighted by molar-refractivity contribution is 6.32. The molecule has 1 aliphatic carbocycles. The van der Waals surface area contributed by atoms with Crippen LogP contribution in [0.1, 0.15) is 28.4 Å². The number of halogens is 1. The van der Waals surface area contributed by atoms with Crippen LogP contribution in [0.4, 0.5) is 11.4 Å². The van der Waals surface area contributed by atoms with Crippen LogP contribution in [0.15, 0.2) is 36.7 Å². The van der Waals surface area contributed by atoms with Gasteiger partial charge in [0.2, 0.25) is 0 Å². The SMILES string of the molecule is COc1c(Cl)cccc1Nc1c(-c2ccncc2OC[C@H]2COCCO2)[nH]c2c1C(=O)N[C@@H]1C[C@H]21. The molecule has 0 unspecified atom stereocenters. The van der Waals surface area contributed by atoms with Crippen molar-refractivity contribution in [1.29, 1.82) is 0 Å². The van der Waals surface area contributed by atoms with E-state index in [2.05, 4.69) is 20.6 Å². The third kappa shape index (κ3) is 4.09. The minimum atomic E-state index is -0.153. The van der Waals surface area contributed by atoms with Gasteiger partial charge >= 0.3 is 0 Å². The zero-order valence-electron chi connectivity index (χ0n) is 19.1. The summed E-state index contributed by atoms with van der Waals surface area (Å²) in [5.41, 5.74) is 4.31. The Hall–Kier alpha value is -3.27. The number of benzene rings is 1. The molecule has 182 valence electrons. The van der Waals surface area contributed by atoms with Crippen LogP contribution in [0.5, 0.6) is 11.5 Å². The van der Waals surface area contributed by atoms with Crippen molar-refractivity contribution in [3.05, 3.63) is 52.9 Å². The predicted octanol–water partition coefficient (Wildman–Crippen LogP) is 3.88. The van der Waals surface area contributed by atoms with Crippen molar-refractivity contribution in [3.63, 3.8) is 0 Å². The van der Waals surface area contributed by atoms with Gasteiger partial charge in [0, 0.05) is 29.4 Å². The van der Waals surface area contributed by atoms with Gasteiger partial charge in [-0.15, -0.1) is 0 Å². The molecule has 2 fully saturated rings. The summed E-state index contributed by atoms with van der Waals surface area (Å²) >= 11 is 6.37. The van der Waals surface area contributed by atoms with Crippen molar-refractivity contribution >= 4 is 28.9 Å². The first kappa shape index (κ1) is 22.2. The molecule has 0 spiro atoms. The van der Waals surface area contributed by atoms with Crippen LogP contribution in [0.2, 0.25) is 5.02 Å². The smallest absolute Gasteiger partial charge is 0.255 e. The van der Waals surface area contributed by atoms with Gasteiger partial charge in [0.25, 0.3) is 5.91 Å². The topological polar surface area (TPSA) is 107 Å². The molecule has 4 heterocycles. The van der Waals surface area contributed by atoms with Crippen LogP contribution in [-0.4, -0.2) is 61.6 Å². The predicted molar refractivity (Wildman–Crippen MR) is 130 cm³/mol. The van der Waals surface area contributed by atoms with Crippen LogP contribution in [0.3, 0.4) is 0 Å². The fourth-order valence-electron chi connectivity index (χ4n) is 4.74. The Morgan fingerprint density at radius 3 is 3.03 bits per heavy atom. The van der Waals surface area contributed by atoms with E-state index in [0.29, 0.717) is 59.9 Å². The van der Waals surface area contributed by atoms with Gasteiger partial charge in [0.1, 0.15) is 18.5 Å². The van der Waals surface area contributed by atoms with Crippen molar-refractivity contribution in [2.75, 3.05) is 38.9 Å². The second kappa shape index (κ2) is 9.07. The van der Waals surface area contributed by atoms with Crippen molar-refractivity contribution in [2.45, 2.75) is 24.5 Å². The molecule has 1 aromatic carbocycles. The number of pyridine rings is 1. The zero-order valence-corrected chi connectivity index (χ0v) is 19.9. The van der Waals surface area contributed by atoms with Crippen molar-refractivity contribution < 1.29 is 23.7 Å². The molecule has 2 aromatic heterocycles. The maximum atomic E-state index is 13.1. The average Bonchev–Trinajstić information content (AvgIpc) is 3.55. The van der Waals surface area contributed by atoms with Gasteiger partial charge in [-0.2, -0.15) is 0 Å². The first-order valence-electron chi connectivity index (χ1n) is 11.6. The number of amides is 1. The number of nitrogens with zero attached hydrogens (tertiary/aromatic N) is 1. The highest BCUT2D eigenvalue weighted by atomic mass is 35.5. The molecule has 9 nitrogen and oxygen atoms in total. The van der Waals surface area contributed by atoms with Crippen LogP contribution in [0.25, 0.3) is 11.3 Å². The minimum Gasteiger partial charge on any atom is -0.493 e. The molecule has 35 heavy (non-hydrogen) atoms. The van der Waals surface area contributed by atoms with Gasteiger partial charge < -0.3 is 34.6 Å². The van der Waals surface area contributed by atoms with E-state index in [1.54, 1.807) is 25.6 Å². The van der Waals surface area contributed by atoms with Gasteiger partial charge in [-0.1, -0.05) is 17.7 Å². The van der Waals surface area contributed by atoms with Gasteiger partial charge in [-0.05, 0) is 24.6 Å². The Labute approximate surface area is 207 Å². The van der Waals surface area contributed by atoms with Crippen molar-refractivity contribution in [1.82, 2.24) is 15.3 Å². The van der Waals surface area contributed by atoms with E-state index in [1.165, 1.54) is 0 Å². The maximum Gasteiger partial charge on any atom is 0.255 e. The number of aromatic nitrogens is 2. The van der Waals surface area contributed by atoms with Gasteiger partial charge in [0.15, 0.2) is 5.75 Å². The molecule has 0 radical (unpaired) electrons. The van der Waals surface area contributed by atoms with Crippen molar-refractivity contribution in [2.24, 2.45) is 0 Å². The number of anilines is 2. The number of hydrogen-bond acceptors (Lipinski definition) is 7. The molecule has 1 amide bonds. The summed E-state index contributed by atoms with van der Waals surface area (Å²) < 4.78 is 22.9. The highest BCUT2D eigenvalue weighted by Gasteiger charge is 2.48. The summed E-state index contributed by atoms with van der Waals surface area (Å²) in [6.45, 7) is 1.95. The lowest BCUT2D eigenvalue weighted by atomic mass is 10.0. The Morgan fingerprint density at radius 2 is 2.20 bits per heavy atom. The van der Waals surface area contributed by atoms with E-state index < -0.39 is 0 Å². The van der Waals surface area contributed by atoms with E-state index in [0.717, 1.165) is 23.4 Å². The average molecular weight is 497 g/mol. The van der Waals surface area contributed by atoms with E-state index >= 15 is 0 Å². The van der Waals surface area contributed by atoms with Crippen LogP contribution in [0, 0.1) is 0 Å². The quantitative estimate of drug-likeness (QED) is 0.455. The fourth-order valence-corrected chi connectivity index (χ4v) is 4.99. The zero-order chi connectivity index (χ0) is 23.9. The van der Waals surface area contributed by atoms with E-state index in [-0.39, 0.29) is 24.0 Å². The molecule has 3 atom stereocenters. The number of ether oxygens (including phenoxy) is 4. The standard InChI is InChI=1S/C25H25ClN4O5/c1-32-24-16(26)3-2-4-17(24)28-23-20-21(15-9-18(15)29-25(20)31)30-22(23)14-5-6-27-10-19(14)35-12-13-11-33-7-8-34-13/h2-6,10,13,15,18,28,30H,7-9,11-12H2,1H3,(H,29,31)/t13-,15+,18-/m1/s1. The Morgan fingerprint density at radius 1 is 1.29 bits per heavy atom. The van der Waals surface area contributed by atoms with Crippen LogP contribution in [-0.2, 0) is 9.47 Å².